The second kappa shape index (κ2) is 6.36. The van der Waals surface area contributed by atoms with Gasteiger partial charge in [0.25, 0.3) is 5.56 Å². The minimum atomic E-state index is -0.513. The van der Waals surface area contributed by atoms with E-state index in [1.807, 2.05) is 0 Å². The van der Waals surface area contributed by atoms with Gasteiger partial charge in [-0.25, -0.2) is 4.68 Å². The standard InChI is InChI=1S/C9H13BrN4O3/c1-17-3-2-14-9(16)8(10)6(4-13-14)12-5-7(11)15/h4,12H,2-3,5H2,1H3,(H2,11,15). The summed E-state index contributed by atoms with van der Waals surface area (Å²) in [4.78, 5) is 22.4. The summed E-state index contributed by atoms with van der Waals surface area (Å²) < 4.78 is 6.43. The first-order chi connectivity index (χ1) is 8.06. The molecule has 0 bridgehead atoms. The van der Waals surface area contributed by atoms with E-state index in [0.717, 1.165) is 0 Å². The van der Waals surface area contributed by atoms with E-state index in [9.17, 15) is 9.59 Å². The van der Waals surface area contributed by atoms with Crippen LogP contribution in [0.2, 0.25) is 0 Å². The van der Waals surface area contributed by atoms with Crippen LogP contribution >= 0.6 is 15.9 Å². The van der Waals surface area contributed by atoms with Gasteiger partial charge in [0.05, 0.1) is 31.6 Å². The lowest BCUT2D eigenvalue weighted by Crippen LogP contribution is -2.28. The van der Waals surface area contributed by atoms with Crippen LogP contribution in [0.3, 0.4) is 0 Å². The number of nitrogens with one attached hydrogen (secondary N) is 1. The maximum Gasteiger partial charge on any atom is 0.283 e. The SMILES string of the molecule is COCCn1ncc(NCC(N)=O)c(Br)c1=O. The van der Waals surface area contributed by atoms with E-state index in [0.29, 0.717) is 23.3 Å². The Labute approximate surface area is 106 Å². The molecule has 0 unspecified atom stereocenters. The van der Waals surface area contributed by atoms with Crippen molar-refractivity contribution in [2.45, 2.75) is 6.54 Å². The number of primary amides is 1. The summed E-state index contributed by atoms with van der Waals surface area (Å²) in [5, 5.41) is 6.64. The Balaban J connectivity index is 2.86. The monoisotopic (exact) mass is 304 g/mol. The summed E-state index contributed by atoms with van der Waals surface area (Å²) in [6.07, 6.45) is 1.45. The van der Waals surface area contributed by atoms with E-state index in [-0.39, 0.29) is 12.1 Å². The molecule has 1 heterocycles. The Hall–Kier alpha value is -1.41. The maximum atomic E-state index is 11.8. The molecule has 0 aromatic carbocycles. The molecule has 17 heavy (non-hydrogen) atoms. The summed E-state index contributed by atoms with van der Waals surface area (Å²) in [6, 6.07) is 0. The lowest BCUT2D eigenvalue weighted by atomic mass is 10.4. The fraction of sp³-hybridized carbons (Fsp3) is 0.444. The molecule has 1 aromatic heterocycles. The zero-order valence-corrected chi connectivity index (χ0v) is 10.9. The first-order valence-electron chi connectivity index (χ1n) is 4.83. The number of hydrogen-bond donors (Lipinski definition) is 2. The number of amides is 1. The number of anilines is 1. The van der Waals surface area contributed by atoms with Crippen LogP contribution < -0.4 is 16.6 Å². The van der Waals surface area contributed by atoms with E-state index in [1.165, 1.54) is 10.9 Å². The third kappa shape index (κ3) is 3.82. The number of ether oxygens (including phenoxy) is 1. The molecule has 7 nitrogen and oxygen atoms in total. The number of hydrogen-bond acceptors (Lipinski definition) is 5. The number of halogens is 1. The average molecular weight is 305 g/mol. The van der Waals surface area contributed by atoms with Crippen molar-refractivity contribution in [2.75, 3.05) is 25.6 Å². The van der Waals surface area contributed by atoms with Gasteiger partial charge in [-0.1, -0.05) is 0 Å². The summed E-state index contributed by atoms with van der Waals surface area (Å²) in [5.41, 5.74) is 5.12. The van der Waals surface area contributed by atoms with E-state index in [4.69, 9.17) is 10.5 Å². The zero-order valence-electron chi connectivity index (χ0n) is 9.27. The first-order valence-corrected chi connectivity index (χ1v) is 5.62. The summed E-state index contributed by atoms with van der Waals surface area (Å²) >= 11 is 3.14. The van der Waals surface area contributed by atoms with Crippen molar-refractivity contribution in [2.24, 2.45) is 5.73 Å². The zero-order chi connectivity index (χ0) is 12.8. The van der Waals surface area contributed by atoms with Crippen LogP contribution in [-0.2, 0) is 16.1 Å². The third-order valence-corrected chi connectivity index (χ3v) is 2.71. The van der Waals surface area contributed by atoms with Gasteiger partial charge in [0.2, 0.25) is 5.91 Å². The predicted molar refractivity (Wildman–Crippen MR) is 65.8 cm³/mol. The Morgan fingerprint density at radius 1 is 1.71 bits per heavy atom. The minimum absolute atomic E-state index is 0.0538. The summed E-state index contributed by atoms with van der Waals surface area (Å²) in [7, 11) is 1.54. The van der Waals surface area contributed by atoms with Crippen LogP contribution in [0.15, 0.2) is 15.5 Å². The first kappa shape index (κ1) is 13.7. The van der Waals surface area contributed by atoms with Crippen molar-refractivity contribution in [3.63, 3.8) is 0 Å². The van der Waals surface area contributed by atoms with Crippen molar-refractivity contribution in [3.05, 3.63) is 21.0 Å². The smallest absolute Gasteiger partial charge is 0.283 e. The average Bonchev–Trinajstić information content (AvgIpc) is 2.29. The van der Waals surface area contributed by atoms with Crippen molar-refractivity contribution < 1.29 is 9.53 Å². The number of nitrogens with zero attached hydrogens (tertiary/aromatic N) is 2. The van der Waals surface area contributed by atoms with Gasteiger partial charge in [0, 0.05) is 7.11 Å². The minimum Gasteiger partial charge on any atom is -0.383 e. The van der Waals surface area contributed by atoms with E-state index in [2.05, 4.69) is 26.3 Å². The molecule has 0 aliphatic rings. The number of aromatic nitrogens is 2. The van der Waals surface area contributed by atoms with Gasteiger partial charge in [0.15, 0.2) is 0 Å². The topological polar surface area (TPSA) is 99.2 Å². The lowest BCUT2D eigenvalue weighted by molar-refractivity contribution is -0.116. The van der Waals surface area contributed by atoms with Crippen LogP contribution in [0.4, 0.5) is 5.69 Å². The summed E-state index contributed by atoms with van der Waals surface area (Å²) in [5.74, 6) is -0.513. The van der Waals surface area contributed by atoms with Crippen molar-refractivity contribution in [3.8, 4) is 0 Å². The Morgan fingerprint density at radius 2 is 2.41 bits per heavy atom. The number of methoxy groups -OCH3 is 1. The Morgan fingerprint density at radius 3 is 3.00 bits per heavy atom. The highest BCUT2D eigenvalue weighted by atomic mass is 79.9. The molecule has 94 valence electrons. The van der Waals surface area contributed by atoms with E-state index >= 15 is 0 Å². The molecular formula is C9H13BrN4O3. The largest absolute Gasteiger partial charge is 0.383 e. The van der Waals surface area contributed by atoms with Crippen LogP contribution in [-0.4, -0.2) is 35.9 Å². The Kier molecular flexibility index (Phi) is 5.11. The molecule has 0 radical (unpaired) electrons. The van der Waals surface area contributed by atoms with Gasteiger partial charge in [-0.15, -0.1) is 0 Å². The van der Waals surface area contributed by atoms with Crippen molar-refractivity contribution in [1.29, 1.82) is 0 Å². The molecule has 8 heteroatoms. The van der Waals surface area contributed by atoms with Crippen LogP contribution in [0.25, 0.3) is 0 Å². The van der Waals surface area contributed by atoms with Crippen molar-refractivity contribution in [1.82, 2.24) is 9.78 Å². The van der Waals surface area contributed by atoms with Gasteiger partial charge < -0.3 is 15.8 Å². The highest BCUT2D eigenvalue weighted by molar-refractivity contribution is 9.10. The second-order valence-electron chi connectivity index (χ2n) is 3.21. The van der Waals surface area contributed by atoms with E-state index < -0.39 is 5.91 Å². The molecule has 0 aliphatic carbocycles. The normalized spacial score (nSPS) is 10.2. The van der Waals surface area contributed by atoms with Gasteiger partial charge in [-0.05, 0) is 15.9 Å². The van der Waals surface area contributed by atoms with Crippen LogP contribution in [0.1, 0.15) is 0 Å². The molecule has 0 atom stereocenters. The molecule has 0 spiro atoms. The van der Waals surface area contributed by atoms with Crippen molar-refractivity contribution >= 4 is 27.5 Å². The number of carbonyl (C=O) groups excluding carboxylic acids is 1. The molecule has 0 saturated heterocycles. The summed E-state index contributed by atoms with van der Waals surface area (Å²) in [6.45, 7) is 0.708. The molecule has 1 amide bonds. The highest BCUT2D eigenvalue weighted by Gasteiger charge is 2.08. The predicted octanol–water partition coefficient (Wildman–Crippen LogP) is -0.451. The van der Waals surface area contributed by atoms with E-state index in [1.54, 1.807) is 7.11 Å². The van der Waals surface area contributed by atoms with Gasteiger partial charge in [0.1, 0.15) is 4.47 Å². The lowest BCUT2D eigenvalue weighted by Gasteiger charge is -2.08. The molecule has 1 rings (SSSR count). The molecule has 1 aromatic rings. The fourth-order valence-electron chi connectivity index (χ4n) is 1.11. The second-order valence-corrected chi connectivity index (χ2v) is 4.01. The fourth-order valence-corrected chi connectivity index (χ4v) is 1.55. The maximum absolute atomic E-state index is 11.8. The molecule has 0 fully saturated rings. The molecule has 0 aliphatic heterocycles. The third-order valence-electron chi connectivity index (χ3n) is 1.95. The van der Waals surface area contributed by atoms with Gasteiger partial charge in [-0.3, -0.25) is 9.59 Å². The van der Waals surface area contributed by atoms with Crippen LogP contribution in [0.5, 0.6) is 0 Å². The van der Waals surface area contributed by atoms with Gasteiger partial charge in [-0.2, -0.15) is 5.10 Å². The van der Waals surface area contributed by atoms with Gasteiger partial charge >= 0.3 is 0 Å². The highest BCUT2D eigenvalue weighted by Crippen LogP contribution is 2.15. The molecular weight excluding hydrogens is 292 g/mol. The number of carbonyl (C=O) groups is 1. The quantitative estimate of drug-likeness (QED) is 0.741. The van der Waals surface area contributed by atoms with Crippen LogP contribution in [0, 0.1) is 0 Å². The number of nitrogens with two attached hydrogens (primary N) is 1. The molecule has 3 N–H and O–H groups in total. The number of rotatable bonds is 6. The molecule has 0 saturated carbocycles. The Bertz CT molecular complexity index is 460.